The van der Waals surface area contributed by atoms with Crippen molar-refractivity contribution in [2.45, 2.75) is 31.7 Å². The molecule has 0 fully saturated rings. The van der Waals surface area contributed by atoms with E-state index >= 15 is 0 Å². The lowest BCUT2D eigenvalue weighted by Crippen LogP contribution is -2.27. The maximum absolute atomic E-state index is 5.86. The molecule has 0 amide bonds. The molecule has 0 heterocycles. The van der Waals surface area contributed by atoms with E-state index in [0.717, 1.165) is 6.42 Å². The average Bonchev–Trinajstić information content (AvgIpc) is 2.04. The highest BCUT2D eigenvalue weighted by Gasteiger charge is 2.20. The molecular formula is C10H15N. The molecule has 2 rings (SSSR count). The summed E-state index contributed by atoms with van der Waals surface area (Å²) in [4.78, 5) is 0. The molecule has 1 heteroatoms. The van der Waals surface area contributed by atoms with E-state index in [1.54, 1.807) is 5.57 Å². The lowest BCUT2D eigenvalue weighted by Gasteiger charge is -2.28. The fraction of sp³-hybridized carbons (Fsp3) is 0.600. The van der Waals surface area contributed by atoms with Gasteiger partial charge in [0, 0.05) is 6.04 Å². The third kappa shape index (κ3) is 1.38. The van der Waals surface area contributed by atoms with Crippen molar-refractivity contribution in [3.05, 3.63) is 23.8 Å². The summed E-state index contributed by atoms with van der Waals surface area (Å²) in [5, 5.41) is 0. The van der Waals surface area contributed by atoms with Crippen LogP contribution in [0.4, 0.5) is 0 Å². The molecule has 11 heavy (non-hydrogen) atoms. The molecule has 0 spiro atoms. The highest BCUT2D eigenvalue weighted by Crippen LogP contribution is 2.31. The van der Waals surface area contributed by atoms with E-state index in [4.69, 9.17) is 5.73 Å². The van der Waals surface area contributed by atoms with Crippen molar-refractivity contribution < 1.29 is 0 Å². The van der Waals surface area contributed by atoms with Crippen LogP contribution in [-0.2, 0) is 0 Å². The van der Waals surface area contributed by atoms with Crippen molar-refractivity contribution in [3.8, 4) is 0 Å². The second-order valence-corrected chi connectivity index (χ2v) is 3.58. The number of rotatable bonds is 0. The van der Waals surface area contributed by atoms with Crippen LogP contribution in [0, 0.1) is 5.92 Å². The Morgan fingerprint density at radius 1 is 1.45 bits per heavy atom. The first-order valence-corrected chi connectivity index (χ1v) is 4.47. The van der Waals surface area contributed by atoms with Gasteiger partial charge in [0.05, 0.1) is 0 Å². The van der Waals surface area contributed by atoms with Crippen LogP contribution in [0.1, 0.15) is 25.7 Å². The highest BCUT2D eigenvalue weighted by molar-refractivity contribution is 5.21. The first-order chi connectivity index (χ1) is 5.36. The molecule has 0 aromatic heterocycles. The average molecular weight is 149 g/mol. The van der Waals surface area contributed by atoms with Gasteiger partial charge in [-0.15, -0.1) is 0 Å². The van der Waals surface area contributed by atoms with Crippen LogP contribution < -0.4 is 5.73 Å². The molecule has 0 saturated heterocycles. The molecular weight excluding hydrogens is 134 g/mol. The predicted molar refractivity (Wildman–Crippen MR) is 47.2 cm³/mol. The number of nitrogens with two attached hydrogens (primary N) is 1. The van der Waals surface area contributed by atoms with Gasteiger partial charge in [-0.3, -0.25) is 0 Å². The molecule has 2 unspecified atom stereocenters. The molecule has 0 radical (unpaired) electrons. The fourth-order valence-corrected chi connectivity index (χ4v) is 2.03. The molecule has 0 saturated carbocycles. The summed E-state index contributed by atoms with van der Waals surface area (Å²) >= 11 is 0. The number of allylic oxidation sites excluding steroid dienone is 3. The van der Waals surface area contributed by atoms with Gasteiger partial charge in [-0.25, -0.2) is 0 Å². The standard InChI is InChI=1S/C10H15N/c11-10-6-5-8-3-1-2-4-9(8)7-10/h2,4-5,9-10H,1,3,6-7,11H2. The second kappa shape index (κ2) is 2.82. The Labute approximate surface area is 68.0 Å². The summed E-state index contributed by atoms with van der Waals surface area (Å²) in [6.07, 6.45) is 11.7. The van der Waals surface area contributed by atoms with Gasteiger partial charge in [-0.1, -0.05) is 23.8 Å². The van der Waals surface area contributed by atoms with E-state index in [9.17, 15) is 0 Å². The summed E-state index contributed by atoms with van der Waals surface area (Å²) in [5.74, 6) is 0.687. The van der Waals surface area contributed by atoms with E-state index in [-0.39, 0.29) is 0 Å². The molecule has 2 atom stereocenters. The van der Waals surface area contributed by atoms with Crippen LogP contribution in [0.2, 0.25) is 0 Å². The Morgan fingerprint density at radius 3 is 3.27 bits per heavy atom. The van der Waals surface area contributed by atoms with Crippen molar-refractivity contribution in [1.29, 1.82) is 0 Å². The quantitative estimate of drug-likeness (QED) is 0.524. The molecule has 0 bridgehead atoms. The van der Waals surface area contributed by atoms with Crippen LogP contribution in [0.25, 0.3) is 0 Å². The minimum atomic E-state index is 0.409. The normalized spacial score (nSPS) is 36.3. The topological polar surface area (TPSA) is 26.0 Å². The molecule has 0 aliphatic heterocycles. The fourth-order valence-electron chi connectivity index (χ4n) is 2.03. The Morgan fingerprint density at radius 2 is 2.36 bits per heavy atom. The second-order valence-electron chi connectivity index (χ2n) is 3.58. The van der Waals surface area contributed by atoms with Crippen LogP contribution >= 0.6 is 0 Å². The molecule has 0 aromatic carbocycles. The number of fused-ring (bicyclic) bond motifs is 1. The Bertz CT molecular complexity index is 203. The first-order valence-electron chi connectivity index (χ1n) is 4.47. The monoisotopic (exact) mass is 149 g/mol. The number of hydrogen-bond acceptors (Lipinski definition) is 1. The maximum Gasteiger partial charge on any atom is 0.00822 e. The van der Waals surface area contributed by atoms with Gasteiger partial charge in [-0.05, 0) is 31.6 Å². The summed E-state index contributed by atoms with van der Waals surface area (Å²) in [6, 6.07) is 0.409. The minimum Gasteiger partial charge on any atom is -0.327 e. The summed E-state index contributed by atoms with van der Waals surface area (Å²) in [6.45, 7) is 0. The zero-order chi connectivity index (χ0) is 7.68. The van der Waals surface area contributed by atoms with Crippen molar-refractivity contribution >= 4 is 0 Å². The maximum atomic E-state index is 5.86. The van der Waals surface area contributed by atoms with Crippen molar-refractivity contribution in [3.63, 3.8) is 0 Å². The number of hydrogen-bond donors (Lipinski definition) is 1. The van der Waals surface area contributed by atoms with Gasteiger partial charge < -0.3 is 5.73 Å². The third-order valence-corrected chi connectivity index (χ3v) is 2.68. The first kappa shape index (κ1) is 7.11. The Hall–Kier alpha value is -0.560. The largest absolute Gasteiger partial charge is 0.327 e. The van der Waals surface area contributed by atoms with Crippen molar-refractivity contribution in [2.24, 2.45) is 11.7 Å². The van der Waals surface area contributed by atoms with Gasteiger partial charge in [-0.2, -0.15) is 0 Å². The minimum absolute atomic E-state index is 0.409. The van der Waals surface area contributed by atoms with E-state index < -0.39 is 0 Å². The summed E-state index contributed by atoms with van der Waals surface area (Å²) in [7, 11) is 0. The highest BCUT2D eigenvalue weighted by atomic mass is 14.6. The van der Waals surface area contributed by atoms with Crippen molar-refractivity contribution in [2.75, 3.05) is 0 Å². The lowest BCUT2D eigenvalue weighted by molar-refractivity contribution is 0.498. The third-order valence-electron chi connectivity index (χ3n) is 2.68. The summed E-state index contributed by atoms with van der Waals surface area (Å²) < 4.78 is 0. The van der Waals surface area contributed by atoms with Crippen LogP contribution in [0.3, 0.4) is 0 Å². The Kier molecular flexibility index (Phi) is 1.82. The molecule has 1 nitrogen and oxygen atoms in total. The summed E-state index contributed by atoms with van der Waals surface area (Å²) in [5.41, 5.74) is 7.50. The molecule has 60 valence electrons. The zero-order valence-corrected chi connectivity index (χ0v) is 6.79. The van der Waals surface area contributed by atoms with Gasteiger partial charge in [0.2, 0.25) is 0 Å². The Balaban J connectivity index is 2.17. The van der Waals surface area contributed by atoms with Crippen LogP contribution in [0.5, 0.6) is 0 Å². The van der Waals surface area contributed by atoms with Crippen LogP contribution in [-0.4, -0.2) is 6.04 Å². The van der Waals surface area contributed by atoms with E-state index in [0.29, 0.717) is 12.0 Å². The molecule has 2 aliphatic rings. The molecule has 2 N–H and O–H groups in total. The molecule has 0 aromatic rings. The van der Waals surface area contributed by atoms with E-state index in [1.807, 2.05) is 0 Å². The van der Waals surface area contributed by atoms with Gasteiger partial charge in [0.1, 0.15) is 0 Å². The van der Waals surface area contributed by atoms with Gasteiger partial charge in [0.25, 0.3) is 0 Å². The molecule has 2 aliphatic carbocycles. The zero-order valence-electron chi connectivity index (χ0n) is 6.79. The van der Waals surface area contributed by atoms with E-state index in [2.05, 4.69) is 18.2 Å². The lowest BCUT2D eigenvalue weighted by atomic mass is 9.80. The van der Waals surface area contributed by atoms with Gasteiger partial charge >= 0.3 is 0 Å². The van der Waals surface area contributed by atoms with Crippen molar-refractivity contribution in [1.82, 2.24) is 0 Å². The predicted octanol–water partition coefficient (Wildman–Crippen LogP) is 2.00. The van der Waals surface area contributed by atoms with E-state index in [1.165, 1.54) is 19.3 Å². The smallest absolute Gasteiger partial charge is 0.00822 e. The van der Waals surface area contributed by atoms with Crippen LogP contribution in [0.15, 0.2) is 23.8 Å². The van der Waals surface area contributed by atoms with Gasteiger partial charge in [0.15, 0.2) is 0 Å². The SMILES string of the molecule is NC1CC=C2CCC=CC2C1.